The molecule has 0 saturated carbocycles. The van der Waals surface area contributed by atoms with Crippen molar-refractivity contribution < 1.29 is 0 Å². The van der Waals surface area contributed by atoms with Gasteiger partial charge in [-0.25, -0.2) is 19.9 Å². The van der Waals surface area contributed by atoms with Crippen LogP contribution in [0.4, 0.5) is 11.9 Å². The van der Waals surface area contributed by atoms with E-state index in [0.717, 1.165) is 28.1 Å². The van der Waals surface area contributed by atoms with E-state index < -0.39 is 0 Å². The van der Waals surface area contributed by atoms with Crippen LogP contribution in [0.25, 0.3) is 28.1 Å². The van der Waals surface area contributed by atoms with Crippen LogP contribution in [-0.2, 0) is 6.54 Å². The topological polar surface area (TPSA) is 93.4 Å². The SMILES string of the molecule is C[C@H](Nc1nccc(-n2cnc3cc(-c4ccnc(NCc5ccccc5)n4)ccc32)n1)c1ccccc1. The number of anilines is 2. The molecule has 0 bridgehead atoms. The molecule has 1 atom stereocenters. The Balaban J connectivity index is 1.22. The molecule has 0 aliphatic rings. The minimum Gasteiger partial charge on any atom is -0.350 e. The number of rotatable bonds is 8. The van der Waals surface area contributed by atoms with Crippen molar-refractivity contribution in [3.8, 4) is 17.1 Å². The van der Waals surface area contributed by atoms with Gasteiger partial charge < -0.3 is 10.6 Å². The van der Waals surface area contributed by atoms with Gasteiger partial charge in [-0.05, 0) is 42.3 Å². The van der Waals surface area contributed by atoms with Crippen molar-refractivity contribution in [2.24, 2.45) is 0 Å². The number of nitrogens with zero attached hydrogens (tertiary/aromatic N) is 6. The summed E-state index contributed by atoms with van der Waals surface area (Å²) in [6.45, 7) is 2.75. The lowest BCUT2D eigenvalue weighted by molar-refractivity contribution is 0.854. The Labute approximate surface area is 220 Å². The van der Waals surface area contributed by atoms with Crippen LogP contribution in [0.15, 0.2) is 110 Å². The van der Waals surface area contributed by atoms with Crippen LogP contribution in [0.1, 0.15) is 24.1 Å². The fourth-order valence-electron chi connectivity index (χ4n) is 4.31. The summed E-state index contributed by atoms with van der Waals surface area (Å²) in [6, 6.07) is 30.4. The summed E-state index contributed by atoms with van der Waals surface area (Å²) in [5.41, 5.74) is 5.94. The number of benzene rings is 3. The molecule has 3 heterocycles. The highest BCUT2D eigenvalue weighted by atomic mass is 15.2. The summed E-state index contributed by atoms with van der Waals surface area (Å²) in [5.74, 6) is 1.89. The van der Waals surface area contributed by atoms with E-state index in [9.17, 15) is 0 Å². The Morgan fingerprint density at radius 1 is 0.763 bits per heavy atom. The first-order chi connectivity index (χ1) is 18.7. The molecule has 0 aliphatic carbocycles. The third kappa shape index (κ3) is 5.05. The predicted octanol–water partition coefficient (Wildman–Crippen LogP) is 6.06. The fourth-order valence-corrected chi connectivity index (χ4v) is 4.31. The standard InChI is InChI=1S/C30H26N8/c1-21(23-10-6-3-7-11-23)35-30-32-17-15-28(37-30)38-20-34-26-18-24(12-13-27(26)38)25-14-16-31-29(36-25)33-19-22-8-4-2-5-9-22/h2-18,20-21H,19H2,1H3,(H,31,33,36)(H,32,35,37)/t21-/m0/s1. The molecule has 8 heteroatoms. The Hall–Kier alpha value is -5.11. The maximum absolute atomic E-state index is 4.74. The second kappa shape index (κ2) is 10.5. The van der Waals surface area contributed by atoms with Crippen LogP contribution < -0.4 is 10.6 Å². The Morgan fingerprint density at radius 3 is 2.37 bits per heavy atom. The van der Waals surface area contributed by atoms with Crippen molar-refractivity contribution in [1.29, 1.82) is 0 Å². The first kappa shape index (κ1) is 23.3. The van der Waals surface area contributed by atoms with Gasteiger partial charge >= 0.3 is 0 Å². The summed E-state index contributed by atoms with van der Waals surface area (Å²) in [5, 5.41) is 6.69. The number of fused-ring (bicyclic) bond motifs is 1. The molecule has 0 fully saturated rings. The van der Waals surface area contributed by atoms with Gasteiger partial charge in [0.05, 0.1) is 22.8 Å². The summed E-state index contributed by atoms with van der Waals surface area (Å²) >= 11 is 0. The van der Waals surface area contributed by atoms with E-state index in [-0.39, 0.29) is 6.04 Å². The van der Waals surface area contributed by atoms with Crippen LogP contribution in [0.2, 0.25) is 0 Å². The smallest absolute Gasteiger partial charge is 0.225 e. The van der Waals surface area contributed by atoms with Gasteiger partial charge in [0.2, 0.25) is 11.9 Å². The molecule has 2 N–H and O–H groups in total. The third-order valence-corrected chi connectivity index (χ3v) is 6.32. The molecular weight excluding hydrogens is 472 g/mol. The molecule has 0 amide bonds. The first-order valence-corrected chi connectivity index (χ1v) is 12.5. The summed E-state index contributed by atoms with van der Waals surface area (Å²) in [4.78, 5) is 22.9. The van der Waals surface area contributed by atoms with Gasteiger partial charge in [0.1, 0.15) is 12.1 Å². The van der Waals surface area contributed by atoms with Gasteiger partial charge in [0.15, 0.2) is 0 Å². The largest absolute Gasteiger partial charge is 0.350 e. The fraction of sp³-hybridized carbons (Fsp3) is 0.100. The Kier molecular flexibility index (Phi) is 6.42. The molecule has 38 heavy (non-hydrogen) atoms. The van der Waals surface area contributed by atoms with Gasteiger partial charge in [-0.3, -0.25) is 4.57 Å². The lowest BCUT2D eigenvalue weighted by Gasteiger charge is -2.14. The predicted molar refractivity (Wildman–Crippen MR) is 150 cm³/mol. The molecule has 0 aliphatic heterocycles. The van der Waals surface area contributed by atoms with Crippen molar-refractivity contribution in [2.75, 3.05) is 10.6 Å². The molecule has 0 saturated heterocycles. The monoisotopic (exact) mass is 498 g/mol. The molecule has 0 spiro atoms. The molecule has 6 aromatic rings. The normalized spacial score (nSPS) is 11.8. The summed E-state index contributed by atoms with van der Waals surface area (Å²) < 4.78 is 1.96. The maximum atomic E-state index is 4.74. The molecule has 0 radical (unpaired) electrons. The zero-order chi connectivity index (χ0) is 25.7. The van der Waals surface area contributed by atoms with Crippen molar-refractivity contribution in [3.05, 3.63) is 121 Å². The van der Waals surface area contributed by atoms with Crippen molar-refractivity contribution in [1.82, 2.24) is 29.5 Å². The third-order valence-electron chi connectivity index (χ3n) is 6.32. The molecule has 0 unspecified atom stereocenters. The molecule has 3 aromatic carbocycles. The van der Waals surface area contributed by atoms with E-state index in [1.165, 1.54) is 11.1 Å². The first-order valence-electron chi connectivity index (χ1n) is 12.5. The summed E-state index contributed by atoms with van der Waals surface area (Å²) in [6.07, 6.45) is 5.31. The van der Waals surface area contributed by atoms with E-state index in [1.54, 1.807) is 18.7 Å². The minimum absolute atomic E-state index is 0.0773. The van der Waals surface area contributed by atoms with Crippen LogP contribution in [0, 0.1) is 0 Å². The zero-order valence-corrected chi connectivity index (χ0v) is 20.9. The highest BCUT2D eigenvalue weighted by Crippen LogP contribution is 2.25. The molecule has 3 aromatic heterocycles. The Bertz CT molecular complexity index is 1660. The van der Waals surface area contributed by atoms with E-state index in [4.69, 9.17) is 9.97 Å². The number of imidazole rings is 1. The van der Waals surface area contributed by atoms with E-state index in [0.29, 0.717) is 18.4 Å². The average molecular weight is 499 g/mol. The van der Waals surface area contributed by atoms with Gasteiger partial charge in [-0.1, -0.05) is 66.7 Å². The molecular formula is C30H26N8. The van der Waals surface area contributed by atoms with Crippen molar-refractivity contribution in [3.63, 3.8) is 0 Å². The molecule has 186 valence electrons. The zero-order valence-electron chi connectivity index (χ0n) is 20.9. The number of hydrogen-bond acceptors (Lipinski definition) is 7. The van der Waals surface area contributed by atoms with E-state index in [1.807, 2.05) is 71.3 Å². The van der Waals surface area contributed by atoms with Gasteiger partial charge in [-0.2, -0.15) is 4.98 Å². The van der Waals surface area contributed by atoms with Crippen LogP contribution in [0.3, 0.4) is 0 Å². The van der Waals surface area contributed by atoms with Gasteiger partial charge in [-0.15, -0.1) is 0 Å². The number of hydrogen-bond donors (Lipinski definition) is 2. The lowest BCUT2D eigenvalue weighted by atomic mass is 10.1. The second-order valence-corrected chi connectivity index (χ2v) is 8.94. The molecule has 6 rings (SSSR count). The van der Waals surface area contributed by atoms with Crippen LogP contribution in [-0.4, -0.2) is 29.5 Å². The summed E-state index contributed by atoms with van der Waals surface area (Å²) in [7, 11) is 0. The maximum Gasteiger partial charge on any atom is 0.225 e. The quantitative estimate of drug-likeness (QED) is 0.264. The van der Waals surface area contributed by atoms with Gasteiger partial charge in [0.25, 0.3) is 0 Å². The van der Waals surface area contributed by atoms with Gasteiger partial charge in [0, 0.05) is 24.5 Å². The van der Waals surface area contributed by atoms with Crippen molar-refractivity contribution in [2.45, 2.75) is 19.5 Å². The van der Waals surface area contributed by atoms with Crippen LogP contribution >= 0.6 is 0 Å². The Morgan fingerprint density at radius 2 is 1.53 bits per heavy atom. The minimum atomic E-state index is 0.0773. The molecule has 8 nitrogen and oxygen atoms in total. The van der Waals surface area contributed by atoms with E-state index in [2.05, 4.69) is 56.8 Å². The number of nitrogens with one attached hydrogen (secondary N) is 2. The van der Waals surface area contributed by atoms with Crippen molar-refractivity contribution >= 4 is 22.9 Å². The van der Waals surface area contributed by atoms with Crippen LogP contribution in [0.5, 0.6) is 0 Å². The average Bonchev–Trinajstić information content (AvgIpc) is 3.41. The van der Waals surface area contributed by atoms with E-state index >= 15 is 0 Å². The lowest BCUT2D eigenvalue weighted by Crippen LogP contribution is -2.10. The highest BCUT2D eigenvalue weighted by Gasteiger charge is 2.11. The highest BCUT2D eigenvalue weighted by molar-refractivity contribution is 5.82. The second-order valence-electron chi connectivity index (χ2n) is 8.94. The number of aromatic nitrogens is 6.